The highest BCUT2D eigenvalue weighted by Gasteiger charge is 2.05. The van der Waals surface area contributed by atoms with Gasteiger partial charge in [-0.1, -0.05) is 111 Å². The number of rotatable bonds is 1. The van der Waals surface area contributed by atoms with Crippen LogP contribution in [0.2, 0.25) is 0 Å². The fraction of sp³-hybridized carbons (Fsp3) is 0.760. The Labute approximate surface area is 171 Å². The molecule has 0 radical (unpaired) electrons. The number of likely N-dealkylation sites (tertiary alicyclic amines) is 1. The highest BCUT2D eigenvalue weighted by Crippen LogP contribution is 2.15. The van der Waals surface area contributed by atoms with Gasteiger partial charge in [-0.15, -0.1) is 0 Å². The Morgan fingerprint density at radius 2 is 0.963 bits per heavy atom. The maximum Gasteiger partial charge on any atom is 0.0313 e. The van der Waals surface area contributed by atoms with Gasteiger partial charge in [0, 0.05) is 5.69 Å². The molecule has 1 aliphatic heterocycles. The van der Waals surface area contributed by atoms with Crippen LogP contribution in [0.15, 0.2) is 30.3 Å². The number of piperidine rings is 1. The zero-order chi connectivity index (χ0) is 20.6. The summed E-state index contributed by atoms with van der Waals surface area (Å²) in [7, 11) is 0. The van der Waals surface area contributed by atoms with Gasteiger partial charge in [0.2, 0.25) is 0 Å². The molecule has 2 aliphatic rings. The van der Waals surface area contributed by atoms with Crippen LogP contribution in [0.4, 0.5) is 5.69 Å². The molecule has 0 amide bonds. The summed E-state index contributed by atoms with van der Waals surface area (Å²) in [5.41, 5.74) is 6.18. The average Bonchev–Trinajstić information content (AvgIpc) is 2.73. The second-order valence-electron chi connectivity index (χ2n) is 7.44. The number of hydrogen-bond donors (Lipinski definition) is 1. The van der Waals surface area contributed by atoms with Gasteiger partial charge in [-0.3, -0.25) is 0 Å². The van der Waals surface area contributed by atoms with Gasteiger partial charge in [0.1, 0.15) is 0 Å². The molecule has 1 saturated carbocycles. The smallest absolute Gasteiger partial charge is 0.0313 e. The van der Waals surface area contributed by atoms with Gasteiger partial charge in [-0.05, 0) is 44.6 Å². The summed E-state index contributed by atoms with van der Waals surface area (Å²) in [6.45, 7) is 14.7. The molecule has 2 fully saturated rings. The van der Waals surface area contributed by atoms with E-state index < -0.39 is 0 Å². The monoisotopic (exact) mass is 378 g/mol. The third kappa shape index (κ3) is 25.0. The molecule has 1 aromatic rings. The Hall–Kier alpha value is -1.02. The van der Waals surface area contributed by atoms with E-state index in [9.17, 15) is 0 Å². The number of hydrogen-bond acceptors (Lipinski definition) is 2. The lowest BCUT2D eigenvalue weighted by Crippen LogP contribution is -2.29. The van der Waals surface area contributed by atoms with Crippen molar-refractivity contribution < 1.29 is 0 Å². The van der Waals surface area contributed by atoms with E-state index in [1.165, 1.54) is 90.3 Å². The summed E-state index contributed by atoms with van der Waals surface area (Å²) < 4.78 is 0. The molecule has 2 N–H and O–H groups in total. The first kappa shape index (κ1) is 28.2. The standard InChI is InChI=1S/C7H15N.C6H7N.C6H12.2C3H8/c1-2-8-6-4-3-5-7-8;7-6-4-2-1-3-5-6;1-2-4-6-5-3-1;2*1-3-2/h2-7H2,1H3;1-5H,7H2;1-6H2;2*3H2,1-2H3. The quantitative estimate of drug-likeness (QED) is 0.502. The van der Waals surface area contributed by atoms with Crippen LogP contribution in [0.25, 0.3) is 0 Å². The number of anilines is 1. The highest BCUT2D eigenvalue weighted by atomic mass is 15.1. The third-order valence-electron chi connectivity index (χ3n) is 4.20. The number of nitrogens with two attached hydrogens (primary N) is 1. The minimum Gasteiger partial charge on any atom is -0.399 e. The van der Waals surface area contributed by atoms with E-state index in [1.807, 2.05) is 30.3 Å². The Morgan fingerprint density at radius 1 is 0.630 bits per heavy atom. The normalized spacial score (nSPS) is 15.9. The first-order chi connectivity index (χ1) is 13.2. The number of para-hydroxylation sites is 1. The van der Waals surface area contributed by atoms with E-state index in [4.69, 9.17) is 5.73 Å². The van der Waals surface area contributed by atoms with Crippen LogP contribution >= 0.6 is 0 Å². The topological polar surface area (TPSA) is 29.3 Å². The molecule has 1 aromatic carbocycles. The molecule has 160 valence electrons. The fourth-order valence-electron chi connectivity index (χ4n) is 2.79. The molecule has 0 spiro atoms. The second kappa shape index (κ2) is 25.0. The van der Waals surface area contributed by atoms with E-state index >= 15 is 0 Å². The largest absolute Gasteiger partial charge is 0.399 e. The molecule has 0 aromatic heterocycles. The summed E-state index contributed by atoms with van der Waals surface area (Å²) in [4.78, 5) is 2.52. The van der Waals surface area contributed by atoms with Gasteiger partial charge in [-0.25, -0.2) is 0 Å². The van der Waals surface area contributed by atoms with Crippen LogP contribution in [0, 0.1) is 0 Å². The van der Waals surface area contributed by atoms with Crippen molar-refractivity contribution in [2.75, 3.05) is 25.4 Å². The van der Waals surface area contributed by atoms with Crippen molar-refractivity contribution in [3.8, 4) is 0 Å². The van der Waals surface area contributed by atoms with E-state index in [0.29, 0.717) is 0 Å². The van der Waals surface area contributed by atoms with Crippen molar-refractivity contribution in [3.63, 3.8) is 0 Å². The van der Waals surface area contributed by atoms with Crippen LogP contribution in [-0.2, 0) is 0 Å². The van der Waals surface area contributed by atoms with Crippen molar-refractivity contribution >= 4 is 5.69 Å². The van der Waals surface area contributed by atoms with Crippen LogP contribution in [0.3, 0.4) is 0 Å². The Kier molecular flexibility index (Phi) is 26.1. The fourth-order valence-corrected chi connectivity index (χ4v) is 2.79. The number of nitrogens with zero attached hydrogens (tertiary/aromatic N) is 1. The van der Waals surface area contributed by atoms with Gasteiger partial charge in [0.05, 0.1) is 0 Å². The molecular formula is C25H50N2. The molecule has 27 heavy (non-hydrogen) atoms. The third-order valence-corrected chi connectivity index (χ3v) is 4.20. The zero-order valence-corrected chi connectivity index (χ0v) is 19.3. The van der Waals surface area contributed by atoms with Gasteiger partial charge < -0.3 is 10.6 Å². The SMILES string of the molecule is C1CCCCC1.CCC.CCC.CCN1CCCCC1.Nc1ccccc1. The van der Waals surface area contributed by atoms with Crippen LogP contribution in [0.5, 0.6) is 0 Å². The predicted molar refractivity (Wildman–Crippen MR) is 126 cm³/mol. The summed E-state index contributed by atoms with van der Waals surface area (Å²) in [5.74, 6) is 0. The van der Waals surface area contributed by atoms with Crippen molar-refractivity contribution in [1.29, 1.82) is 0 Å². The molecule has 1 aliphatic carbocycles. The van der Waals surface area contributed by atoms with Gasteiger partial charge in [-0.2, -0.15) is 0 Å². The maximum absolute atomic E-state index is 5.36. The molecule has 0 bridgehead atoms. The molecule has 0 atom stereocenters. The minimum atomic E-state index is 0.822. The molecule has 1 heterocycles. The summed E-state index contributed by atoms with van der Waals surface area (Å²) in [6, 6.07) is 9.49. The highest BCUT2D eigenvalue weighted by molar-refractivity contribution is 5.35. The maximum atomic E-state index is 5.36. The van der Waals surface area contributed by atoms with Gasteiger partial charge in [0.25, 0.3) is 0 Å². The number of benzene rings is 1. The van der Waals surface area contributed by atoms with E-state index in [0.717, 1.165) is 5.69 Å². The Balaban J connectivity index is 0. The van der Waals surface area contributed by atoms with Crippen LogP contribution in [0.1, 0.15) is 105 Å². The van der Waals surface area contributed by atoms with Crippen molar-refractivity contribution in [2.24, 2.45) is 0 Å². The van der Waals surface area contributed by atoms with E-state index in [2.05, 4.69) is 39.5 Å². The summed E-state index contributed by atoms with van der Waals surface area (Å²) >= 11 is 0. The first-order valence-electron chi connectivity index (χ1n) is 11.7. The molecule has 2 nitrogen and oxygen atoms in total. The van der Waals surface area contributed by atoms with E-state index in [-0.39, 0.29) is 0 Å². The average molecular weight is 379 g/mol. The lowest BCUT2D eigenvalue weighted by molar-refractivity contribution is 0.240. The van der Waals surface area contributed by atoms with Crippen molar-refractivity contribution in [3.05, 3.63) is 30.3 Å². The zero-order valence-electron chi connectivity index (χ0n) is 19.3. The van der Waals surface area contributed by atoms with Gasteiger partial charge in [0.15, 0.2) is 0 Å². The Morgan fingerprint density at radius 3 is 1.19 bits per heavy atom. The van der Waals surface area contributed by atoms with E-state index in [1.54, 1.807) is 0 Å². The number of nitrogen functional groups attached to an aromatic ring is 1. The Bertz CT molecular complexity index is 327. The van der Waals surface area contributed by atoms with Gasteiger partial charge >= 0.3 is 0 Å². The lowest BCUT2D eigenvalue weighted by atomic mass is 10.0. The molecular weight excluding hydrogens is 328 g/mol. The molecule has 0 unspecified atom stereocenters. The second-order valence-corrected chi connectivity index (χ2v) is 7.44. The lowest BCUT2D eigenvalue weighted by Gasteiger charge is -2.24. The van der Waals surface area contributed by atoms with Crippen molar-refractivity contribution in [1.82, 2.24) is 4.90 Å². The van der Waals surface area contributed by atoms with Crippen molar-refractivity contribution in [2.45, 2.75) is 105 Å². The summed E-state index contributed by atoms with van der Waals surface area (Å²) in [6.07, 6.45) is 15.8. The molecule has 2 heteroatoms. The summed E-state index contributed by atoms with van der Waals surface area (Å²) in [5, 5.41) is 0. The molecule has 3 rings (SSSR count). The van der Waals surface area contributed by atoms with Crippen LogP contribution in [-0.4, -0.2) is 24.5 Å². The molecule has 1 saturated heterocycles. The van der Waals surface area contributed by atoms with Crippen LogP contribution < -0.4 is 5.73 Å². The first-order valence-corrected chi connectivity index (χ1v) is 11.7. The predicted octanol–water partition coefficient (Wildman–Crippen LogP) is 7.93. The minimum absolute atomic E-state index is 0.822.